The van der Waals surface area contributed by atoms with Gasteiger partial charge in [0.2, 0.25) is 0 Å². The molecule has 0 aliphatic rings. The SMILES string of the molecule is Cc1ncc(Cn2cnnc2SCC(=O)O)s1. The minimum atomic E-state index is -0.863. The molecule has 0 aliphatic carbocycles. The van der Waals surface area contributed by atoms with Crippen LogP contribution in [0.25, 0.3) is 0 Å². The van der Waals surface area contributed by atoms with Gasteiger partial charge in [0.25, 0.3) is 0 Å². The van der Waals surface area contributed by atoms with E-state index < -0.39 is 5.97 Å². The molecule has 2 aromatic rings. The van der Waals surface area contributed by atoms with Crippen molar-refractivity contribution in [2.75, 3.05) is 5.75 Å². The third-order valence-corrected chi connectivity index (χ3v) is 3.76. The van der Waals surface area contributed by atoms with Crippen molar-refractivity contribution < 1.29 is 9.90 Å². The molecule has 0 fully saturated rings. The Hall–Kier alpha value is -1.41. The Morgan fingerprint density at radius 3 is 3.12 bits per heavy atom. The fraction of sp³-hybridized carbons (Fsp3) is 0.333. The van der Waals surface area contributed by atoms with Crippen molar-refractivity contribution in [3.63, 3.8) is 0 Å². The number of carboxylic acid groups (broad SMARTS) is 1. The van der Waals surface area contributed by atoms with Gasteiger partial charge < -0.3 is 9.67 Å². The summed E-state index contributed by atoms with van der Waals surface area (Å²) in [4.78, 5) is 15.7. The van der Waals surface area contributed by atoms with E-state index in [4.69, 9.17) is 5.11 Å². The van der Waals surface area contributed by atoms with Crippen LogP contribution in [0, 0.1) is 6.92 Å². The first-order valence-corrected chi connectivity index (χ1v) is 6.59. The van der Waals surface area contributed by atoms with Gasteiger partial charge in [0, 0.05) is 11.1 Å². The van der Waals surface area contributed by atoms with Crippen LogP contribution in [0.2, 0.25) is 0 Å². The topological polar surface area (TPSA) is 80.9 Å². The summed E-state index contributed by atoms with van der Waals surface area (Å²) in [5.74, 6) is -0.876. The molecule has 0 aliphatic heterocycles. The Morgan fingerprint density at radius 1 is 1.65 bits per heavy atom. The smallest absolute Gasteiger partial charge is 0.313 e. The Bertz CT molecular complexity index is 523. The van der Waals surface area contributed by atoms with E-state index in [0.29, 0.717) is 11.7 Å². The van der Waals surface area contributed by atoms with Crippen LogP contribution in [-0.2, 0) is 11.3 Å². The molecule has 2 aromatic heterocycles. The zero-order valence-corrected chi connectivity index (χ0v) is 10.7. The molecule has 2 heterocycles. The highest BCUT2D eigenvalue weighted by Crippen LogP contribution is 2.18. The van der Waals surface area contributed by atoms with Crippen LogP contribution in [0.3, 0.4) is 0 Å². The van der Waals surface area contributed by atoms with Crippen LogP contribution in [0.4, 0.5) is 0 Å². The molecule has 2 rings (SSSR count). The maximum Gasteiger partial charge on any atom is 0.313 e. The highest BCUT2D eigenvalue weighted by molar-refractivity contribution is 7.99. The van der Waals surface area contributed by atoms with E-state index in [0.717, 1.165) is 21.6 Å². The average Bonchev–Trinajstić information content (AvgIpc) is 2.86. The highest BCUT2D eigenvalue weighted by atomic mass is 32.2. The molecule has 0 unspecified atom stereocenters. The maximum absolute atomic E-state index is 10.5. The second-order valence-corrected chi connectivity index (χ2v) is 5.53. The lowest BCUT2D eigenvalue weighted by molar-refractivity contribution is -0.133. The summed E-state index contributed by atoms with van der Waals surface area (Å²) < 4.78 is 1.82. The van der Waals surface area contributed by atoms with Gasteiger partial charge in [-0.3, -0.25) is 4.79 Å². The normalized spacial score (nSPS) is 10.6. The van der Waals surface area contributed by atoms with E-state index in [1.54, 1.807) is 17.7 Å². The van der Waals surface area contributed by atoms with Gasteiger partial charge >= 0.3 is 5.97 Å². The number of hydrogen-bond acceptors (Lipinski definition) is 6. The second-order valence-electron chi connectivity index (χ2n) is 3.27. The monoisotopic (exact) mass is 270 g/mol. The lowest BCUT2D eigenvalue weighted by Gasteiger charge is -2.02. The molecule has 90 valence electrons. The lowest BCUT2D eigenvalue weighted by Crippen LogP contribution is -2.02. The van der Waals surface area contributed by atoms with Crippen molar-refractivity contribution in [1.82, 2.24) is 19.7 Å². The molecule has 0 bridgehead atoms. The van der Waals surface area contributed by atoms with E-state index in [2.05, 4.69) is 15.2 Å². The summed E-state index contributed by atoms with van der Waals surface area (Å²) in [6.45, 7) is 2.57. The van der Waals surface area contributed by atoms with E-state index >= 15 is 0 Å². The minimum absolute atomic E-state index is 0.0135. The second kappa shape index (κ2) is 5.28. The standard InChI is InChI=1S/C9H10N4O2S2/c1-6-10-2-7(17-6)3-13-5-11-12-9(13)16-4-8(14)15/h2,5H,3-4H2,1H3,(H,14,15). The Balaban J connectivity index is 2.06. The number of hydrogen-bond donors (Lipinski definition) is 1. The van der Waals surface area contributed by atoms with Crippen LogP contribution in [-0.4, -0.2) is 36.6 Å². The largest absolute Gasteiger partial charge is 0.481 e. The van der Waals surface area contributed by atoms with Crippen molar-refractivity contribution >= 4 is 29.1 Å². The van der Waals surface area contributed by atoms with Gasteiger partial charge in [-0.15, -0.1) is 21.5 Å². The fourth-order valence-electron chi connectivity index (χ4n) is 1.24. The molecule has 0 radical (unpaired) electrons. The van der Waals surface area contributed by atoms with E-state index in [1.165, 1.54) is 0 Å². The third-order valence-electron chi connectivity index (χ3n) is 1.90. The summed E-state index contributed by atoms with van der Waals surface area (Å²) in [6, 6.07) is 0. The number of thioether (sulfide) groups is 1. The molecule has 0 saturated heterocycles. The molecule has 0 spiro atoms. The molecular weight excluding hydrogens is 260 g/mol. The summed E-state index contributed by atoms with van der Waals surface area (Å²) in [7, 11) is 0. The molecule has 0 aromatic carbocycles. The molecule has 8 heteroatoms. The van der Waals surface area contributed by atoms with E-state index in [1.807, 2.05) is 17.7 Å². The van der Waals surface area contributed by atoms with Crippen molar-refractivity contribution in [2.45, 2.75) is 18.6 Å². The number of aromatic nitrogens is 4. The number of carbonyl (C=O) groups is 1. The maximum atomic E-state index is 10.5. The first kappa shape index (κ1) is 12.1. The van der Waals surface area contributed by atoms with Crippen molar-refractivity contribution in [3.8, 4) is 0 Å². The molecule has 17 heavy (non-hydrogen) atoms. The molecule has 1 N–H and O–H groups in total. The molecule has 0 amide bonds. The van der Waals surface area contributed by atoms with Crippen LogP contribution in [0.5, 0.6) is 0 Å². The number of aryl methyl sites for hydroxylation is 1. The van der Waals surface area contributed by atoms with Crippen LogP contribution in [0.1, 0.15) is 9.88 Å². The molecule has 0 atom stereocenters. The average molecular weight is 270 g/mol. The van der Waals surface area contributed by atoms with Gasteiger partial charge in [-0.2, -0.15) is 0 Å². The number of thiazole rings is 1. The van der Waals surface area contributed by atoms with Gasteiger partial charge in [-0.25, -0.2) is 4.98 Å². The Labute approximate surface area is 106 Å². The summed E-state index contributed by atoms with van der Waals surface area (Å²) >= 11 is 2.77. The molecule has 0 saturated carbocycles. The quantitative estimate of drug-likeness (QED) is 0.824. The zero-order chi connectivity index (χ0) is 12.3. The summed E-state index contributed by atoms with van der Waals surface area (Å²) in [5.41, 5.74) is 0. The van der Waals surface area contributed by atoms with Gasteiger partial charge in [0.05, 0.1) is 17.3 Å². The van der Waals surface area contributed by atoms with Crippen molar-refractivity contribution in [2.24, 2.45) is 0 Å². The third kappa shape index (κ3) is 3.27. The predicted octanol–water partition coefficient (Wildman–Crippen LogP) is 1.27. The van der Waals surface area contributed by atoms with Crippen molar-refractivity contribution in [3.05, 3.63) is 22.4 Å². The molecular formula is C9H10N4O2S2. The van der Waals surface area contributed by atoms with E-state index in [-0.39, 0.29) is 5.75 Å². The fourth-order valence-corrected chi connectivity index (χ4v) is 2.67. The summed E-state index contributed by atoms with van der Waals surface area (Å²) in [6.07, 6.45) is 3.41. The number of nitrogens with zero attached hydrogens (tertiary/aromatic N) is 4. The van der Waals surface area contributed by atoms with Crippen LogP contribution >= 0.6 is 23.1 Å². The van der Waals surface area contributed by atoms with Crippen molar-refractivity contribution in [1.29, 1.82) is 0 Å². The van der Waals surface area contributed by atoms with Crippen LogP contribution < -0.4 is 0 Å². The Kier molecular flexibility index (Phi) is 3.75. The Morgan fingerprint density at radius 2 is 2.47 bits per heavy atom. The highest BCUT2D eigenvalue weighted by Gasteiger charge is 2.09. The van der Waals surface area contributed by atoms with Gasteiger partial charge in [0.15, 0.2) is 5.16 Å². The number of carboxylic acids is 1. The summed E-state index contributed by atoms with van der Waals surface area (Å²) in [5, 5.41) is 17.9. The van der Waals surface area contributed by atoms with Crippen LogP contribution in [0.15, 0.2) is 17.7 Å². The number of aliphatic carboxylic acids is 1. The lowest BCUT2D eigenvalue weighted by atomic mass is 10.5. The minimum Gasteiger partial charge on any atom is -0.481 e. The van der Waals surface area contributed by atoms with Gasteiger partial charge in [-0.05, 0) is 6.92 Å². The zero-order valence-electron chi connectivity index (χ0n) is 9.03. The molecule has 6 nitrogen and oxygen atoms in total. The first-order chi connectivity index (χ1) is 8.15. The van der Waals surface area contributed by atoms with Gasteiger partial charge in [-0.1, -0.05) is 11.8 Å². The van der Waals surface area contributed by atoms with Gasteiger partial charge in [0.1, 0.15) is 6.33 Å². The van der Waals surface area contributed by atoms with E-state index in [9.17, 15) is 4.79 Å². The number of rotatable bonds is 5. The predicted molar refractivity (Wildman–Crippen MR) is 64.3 cm³/mol. The first-order valence-electron chi connectivity index (χ1n) is 4.79.